The van der Waals surface area contributed by atoms with Crippen LogP contribution in [0.15, 0.2) is 34.9 Å². The molecule has 0 saturated carbocycles. The van der Waals surface area contributed by atoms with Crippen molar-refractivity contribution in [1.82, 2.24) is 20.1 Å². The Balaban J connectivity index is 1.62. The summed E-state index contributed by atoms with van der Waals surface area (Å²) in [7, 11) is 0. The Bertz CT molecular complexity index is 782. The van der Waals surface area contributed by atoms with Gasteiger partial charge in [0, 0.05) is 39.3 Å². The van der Waals surface area contributed by atoms with Crippen LogP contribution in [0.5, 0.6) is 0 Å². The van der Waals surface area contributed by atoms with Gasteiger partial charge in [0.2, 0.25) is 5.89 Å². The zero-order valence-electron chi connectivity index (χ0n) is 18.4. The number of nitrogens with one attached hydrogen (secondary N) is 1. The lowest BCUT2D eigenvalue weighted by Gasteiger charge is -2.29. The van der Waals surface area contributed by atoms with Crippen molar-refractivity contribution >= 4 is 5.91 Å². The van der Waals surface area contributed by atoms with Crippen LogP contribution in [0.25, 0.3) is 0 Å². The van der Waals surface area contributed by atoms with E-state index in [0.29, 0.717) is 30.6 Å². The normalized spacial score (nSPS) is 15.1. The number of morpholine rings is 1. The van der Waals surface area contributed by atoms with Gasteiger partial charge in [-0.15, -0.1) is 0 Å². The lowest BCUT2D eigenvalue weighted by molar-refractivity contribution is 0.0320. The van der Waals surface area contributed by atoms with E-state index in [4.69, 9.17) is 9.15 Å². The highest BCUT2D eigenvalue weighted by Gasteiger charge is 2.17. The Kier molecular flexibility index (Phi) is 8.42. The summed E-state index contributed by atoms with van der Waals surface area (Å²) in [6.45, 7) is 13.6. The first kappa shape index (κ1) is 22.5. The van der Waals surface area contributed by atoms with Crippen molar-refractivity contribution in [3.05, 3.63) is 53.2 Å². The minimum atomic E-state index is -0.183. The molecular weight excluding hydrogens is 380 g/mol. The first-order valence-electron chi connectivity index (χ1n) is 10.8. The fourth-order valence-electron chi connectivity index (χ4n) is 3.34. The van der Waals surface area contributed by atoms with Crippen molar-refractivity contribution in [3.8, 4) is 0 Å². The number of aryl methyl sites for hydroxylation is 1. The molecule has 1 fully saturated rings. The van der Waals surface area contributed by atoms with Gasteiger partial charge in [-0.1, -0.05) is 43.7 Å². The second kappa shape index (κ2) is 11.2. The number of hydrogen-bond acceptors (Lipinski definition) is 6. The molecule has 30 heavy (non-hydrogen) atoms. The van der Waals surface area contributed by atoms with E-state index in [-0.39, 0.29) is 5.91 Å². The van der Waals surface area contributed by atoms with Crippen molar-refractivity contribution in [2.45, 2.75) is 33.9 Å². The number of amides is 1. The topological polar surface area (TPSA) is 70.8 Å². The van der Waals surface area contributed by atoms with Gasteiger partial charge in [-0.25, -0.2) is 4.98 Å². The van der Waals surface area contributed by atoms with Gasteiger partial charge in [0.1, 0.15) is 6.26 Å². The molecule has 0 aliphatic carbocycles. The van der Waals surface area contributed by atoms with Crippen molar-refractivity contribution in [1.29, 1.82) is 0 Å². The number of aromatic nitrogens is 1. The average Bonchev–Trinajstić information content (AvgIpc) is 3.21. The van der Waals surface area contributed by atoms with E-state index in [1.807, 2.05) is 0 Å². The van der Waals surface area contributed by atoms with Gasteiger partial charge >= 0.3 is 0 Å². The molecule has 1 amide bonds. The SMILES string of the molecule is Cc1ccc(CN(CCN2CCOCC2)Cc2nc(C(=O)NCC(C)C)co2)cc1. The van der Waals surface area contributed by atoms with Crippen molar-refractivity contribution < 1.29 is 13.9 Å². The first-order valence-corrected chi connectivity index (χ1v) is 10.8. The van der Waals surface area contributed by atoms with Crippen LogP contribution in [0.1, 0.15) is 41.4 Å². The molecule has 0 atom stereocenters. The molecule has 2 aromatic rings. The zero-order valence-corrected chi connectivity index (χ0v) is 18.4. The molecule has 0 radical (unpaired) electrons. The molecule has 1 N–H and O–H groups in total. The van der Waals surface area contributed by atoms with Crippen LogP contribution in [-0.2, 0) is 17.8 Å². The highest BCUT2D eigenvalue weighted by atomic mass is 16.5. The summed E-state index contributed by atoms with van der Waals surface area (Å²) in [5, 5.41) is 2.88. The van der Waals surface area contributed by atoms with Gasteiger partial charge in [-0.05, 0) is 18.4 Å². The zero-order chi connectivity index (χ0) is 21.3. The number of benzene rings is 1. The summed E-state index contributed by atoms with van der Waals surface area (Å²) in [5.74, 6) is 0.779. The first-order chi connectivity index (χ1) is 14.5. The molecule has 7 nitrogen and oxygen atoms in total. The van der Waals surface area contributed by atoms with Gasteiger partial charge < -0.3 is 14.5 Å². The van der Waals surface area contributed by atoms with E-state index in [0.717, 1.165) is 45.9 Å². The summed E-state index contributed by atoms with van der Waals surface area (Å²) in [6, 6.07) is 8.60. The van der Waals surface area contributed by atoms with Gasteiger partial charge in [0.15, 0.2) is 5.69 Å². The molecule has 2 heterocycles. The Hall–Kier alpha value is -2.22. The summed E-state index contributed by atoms with van der Waals surface area (Å²) in [5.41, 5.74) is 2.85. The van der Waals surface area contributed by atoms with E-state index >= 15 is 0 Å². The molecule has 164 valence electrons. The molecule has 0 bridgehead atoms. The maximum absolute atomic E-state index is 12.2. The molecule has 3 rings (SSSR count). The molecule has 1 aromatic heterocycles. The number of rotatable bonds is 10. The van der Waals surface area contributed by atoms with E-state index < -0.39 is 0 Å². The van der Waals surface area contributed by atoms with Crippen LogP contribution >= 0.6 is 0 Å². The van der Waals surface area contributed by atoms with Crippen LogP contribution < -0.4 is 5.32 Å². The molecule has 1 aliphatic heterocycles. The van der Waals surface area contributed by atoms with Crippen LogP contribution in [0.3, 0.4) is 0 Å². The maximum Gasteiger partial charge on any atom is 0.273 e. The largest absolute Gasteiger partial charge is 0.447 e. The number of carbonyl (C=O) groups is 1. The molecule has 7 heteroatoms. The van der Waals surface area contributed by atoms with Crippen LogP contribution in [-0.4, -0.2) is 66.6 Å². The van der Waals surface area contributed by atoms with E-state index in [9.17, 15) is 4.79 Å². The summed E-state index contributed by atoms with van der Waals surface area (Å²) >= 11 is 0. The molecule has 0 unspecified atom stereocenters. The van der Waals surface area contributed by atoms with Gasteiger partial charge in [-0.3, -0.25) is 14.6 Å². The smallest absolute Gasteiger partial charge is 0.273 e. The second-order valence-corrected chi connectivity index (χ2v) is 8.38. The monoisotopic (exact) mass is 414 g/mol. The Morgan fingerprint density at radius 3 is 2.63 bits per heavy atom. The highest BCUT2D eigenvalue weighted by molar-refractivity contribution is 5.91. The van der Waals surface area contributed by atoms with E-state index in [1.54, 1.807) is 0 Å². The third-order valence-corrected chi connectivity index (χ3v) is 5.18. The fourth-order valence-corrected chi connectivity index (χ4v) is 3.34. The standard InChI is InChI=1S/C23H34N4O3/c1-18(2)14-24-23(28)21-17-30-22(25-21)16-27(9-8-26-10-12-29-13-11-26)15-20-6-4-19(3)5-7-20/h4-7,17-18H,8-16H2,1-3H3,(H,24,28). The molecule has 0 spiro atoms. The third-order valence-electron chi connectivity index (χ3n) is 5.18. The van der Waals surface area contributed by atoms with Crippen LogP contribution in [0.4, 0.5) is 0 Å². The predicted octanol–water partition coefficient (Wildman–Crippen LogP) is 2.70. The number of oxazole rings is 1. The predicted molar refractivity (Wildman–Crippen MR) is 116 cm³/mol. The van der Waals surface area contributed by atoms with Gasteiger partial charge in [0.25, 0.3) is 5.91 Å². The maximum atomic E-state index is 12.2. The fraction of sp³-hybridized carbons (Fsp3) is 0.565. The highest BCUT2D eigenvalue weighted by Crippen LogP contribution is 2.12. The number of ether oxygens (including phenoxy) is 1. The van der Waals surface area contributed by atoms with Gasteiger partial charge in [0.05, 0.1) is 19.8 Å². The van der Waals surface area contributed by atoms with Crippen molar-refractivity contribution in [3.63, 3.8) is 0 Å². The third kappa shape index (κ3) is 7.23. The molecule has 1 aliphatic rings. The Morgan fingerprint density at radius 2 is 1.93 bits per heavy atom. The van der Waals surface area contributed by atoms with E-state index in [1.165, 1.54) is 17.4 Å². The van der Waals surface area contributed by atoms with Crippen LogP contribution in [0, 0.1) is 12.8 Å². The summed E-state index contributed by atoms with van der Waals surface area (Å²) in [6.07, 6.45) is 1.46. The van der Waals surface area contributed by atoms with Crippen molar-refractivity contribution in [2.24, 2.45) is 5.92 Å². The average molecular weight is 415 g/mol. The van der Waals surface area contributed by atoms with Crippen molar-refractivity contribution in [2.75, 3.05) is 45.9 Å². The lowest BCUT2D eigenvalue weighted by atomic mass is 10.1. The number of nitrogens with zero attached hydrogens (tertiary/aromatic N) is 3. The minimum Gasteiger partial charge on any atom is -0.447 e. The van der Waals surface area contributed by atoms with Crippen LogP contribution in [0.2, 0.25) is 0 Å². The molecule has 1 saturated heterocycles. The molecular formula is C23H34N4O3. The number of hydrogen-bond donors (Lipinski definition) is 1. The number of carbonyl (C=O) groups excluding carboxylic acids is 1. The summed E-state index contributed by atoms with van der Waals surface area (Å²) < 4.78 is 11.1. The van der Waals surface area contributed by atoms with Gasteiger partial charge in [-0.2, -0.15) is 0 Å². The lowest BCUT2D eigenvalue weighted by Crippen LogP contribution is -2.41. The minimum absolute atomic E-state index is 0.183. The Morgan fingerprint density at radius 1 is 1.20 bits per heavy atom. The summed E-state index contributed by atoms with van der Waals surface area (Å²) in [4.78, 5) is 21.4. The van der Waals surface area contributed by atoms with E-state index in [2.05, 4.69) is 65.1 Å². The molecule has 1 aromatic carbocycles. The quantitative estimate of drug-likeness (QED) is 0.645. The Labute approximate surface area is 179 Å². The second-order valence-electron chi connectivity index (χ2n) is 8.38.